The van der Waals surface area contributed by atoms with Crippen LogP contribution in [-0.2, 0) is 4.74 Å². The molecule has 0 atom stereocenters. The maximum atomic E-state index is 13.8. The van der Waals surface area contributed by atoms with E-state index < -0.39 is 6.43 Å². The lowest BCUT2D eigenvalue weighted by atomic mass is 10.2. The first-order valence-electron chi connectivity index (χ1n) is 13.3. The van der Waals surface area contributed by atoms with E-state index in [9.17, 15) is 14.0 Å². The highest BCUT2D eigenvalue weighted by Gasteiger charge is 2.20. The molecule has 5 heterocycles. The molecule has 0 amide bonds. The number of halogens is 2. The molecule has 0 spiro atoms. The van der Waals surface area contributed by atoms with Crippen molar-refractivity contribution in [3.63, 3.8) is 0 Å². The van der Waals surface area contributed by atoms with Gasteiger partial charge in [0.25, 0.3) is 6.43 Å². The van der Waals surface area contributed by atoms with Gasteiger partial charge in [-0.15, -0.1) is 10.2 Å². The van der Waals surface area contributed by atoms with Crippen LogP contribution in [0.25, 0.3) is 22.7 Å². The number of benzene rings is 1. The first-order valence-corrected chi connectivity index (χ1v) is 13.3. The largest absolute Gasteiger partial charge is 0.475 e. The fraction of sp³-hybridized carbons (Fsp3) is 0.286. The number of imidazole rings is 1. The molecule has 0 radical (unpaired) electrons. The summed E-state index contributed by atoms with van der Waals surface area (Å²) in [6, 6.07) is 15.3. The van der Waals surface area contributed by atoms with Crippen LogP contribution in [0.4, 0.5) is 20.3 Å². The number of morpholine rings is 1. The molecule has 0 saturated carbocycles. The molecule has 0 aliphatic carbocycles. The molecular weight excluding hydrogens is 546 g/mol. The minimum absolute atomic E-state index is 0.0475. The zero-order chi connectivity index (χ0) is 29.1. The molecule has 6 rings (SSSR count). The minimum atomic E-state index is -2.78. The van der Waals surface area contributed by atoms with Gasteiger partial charge in [-0.1, -0.05) is 0 Å². The molecule has 4 aromatic heterocycles. The number of hydrogen-bond donors (Lipinski definition) is 1. The molecule has 1 aliphatic rings. The van der Waals surface area contributed by atoms with Crippen LogP contribution < -0.4 is 10.1 Å². The quantitative estimate of drug-likeness (QED) is 0.277. The molecule has 14 heteroatoms. The molecule has 5 aromatic rings. The third-order valence-corrected chi connectivity index (χ3v) is 6.80. The zero-order valence-corrected chi connectivity index (χ0v) is 22.6. The van der Waals surface area contributed by atoms with Crippen LogP contribution in [0.5, 0.6) is 5.88 Å². The van der Waals surface area contributed by atoms with E-state index in [4.69, 9.17) is 9.47 Å². The SMILES string of the molecule is Cc1cc(C#N)nn1-c1nc(-n2cnc3cc(Nc4ccc(OCCN5CCOCC5)nn4)ccc32)ccc1C(F)F. The Hall–Kier alpha value is -5.00. The van der Waals surface area contributed by atoms with Gasteiger partial charge in [-0.05, 0) is 49.4 Å². The second kappa shape index (κ2) is 11.9. The summed E-state index contributed by atoms with van der Waals surface area (Å²) in [6.07, 6.45) is -1.20. The molecule has 0 unspecified atom stereocenters. The van der Waals surface area contributed by atoms with Crippen LogP contribution in [0.15, 0.2) is 54.9 Å². The number of nitriles is 1. The van der Waals surface area contributed by atoms with Crippen LogP contribution in [0.1, 0.15) is 23.4 Å². The zero-order valence-electron chi connectivity index (χ0n) is 22.6. The summed E-state index contributed by atoms with van der Waals surface area (Å²) >= 11 is 0. The van der Waals surface area contributed by atoms with Gasteiger partial charge in [0.05, 0.1) is 29.8 Å². The van der Waals surface area contributed by atoms with Crippen LogP contribution in [0.3, 0.4) is 0 Å². The summed E-state index contributed by atoms with van der Waals surface area (Å²) in [5.74, 6) is 1.31. The van der Waals surface area contributed by atoms with Gasteiger partial charge in [-0.2, -0.15) is 10.4 Å². The number of aromatic nitrogens is 7. The summed E-state index contributed by atoms with van der Waals surface area (Å²) in [4.78, 5) is 11.3. The topological polar surface area (TPSA) is 132 Å². The van der Waals surface area contributed by atoms with Crippen molar-refractivity contribution in [3.05, 3.63) is 71.8 Å². The number of rotatable bonds is 9. The second-order valence-electron chi connectivity index (χ2n) is 9.58. The van der Waals surface area contributed by atoms with Crippen molar-refractivity contribution >= 4 is 22.5 Å². The lowest BCUT2D eigenvalue weighted by Gasteiger charge is -2.26. The van der Waals surface area contributed by atoms with Crippen LogP contribution in [-0.4, -0.2) is 78.9 Å². The molecular formula is C28H26F2N10O2. The average molecular weight is 573 g/mol. The van der Waals surface area contributed by atoms with Crippen molar-refractivity contribution in [2.75, 3.05) is 44.8 Å². The number of ether oxygens (including phenoxy) is 2. The van der Waals surface area contributed by atoms with Gasteiger partial charge in [0.15, 0.2) is 17.3 Å². The normalized spacial score (nSPS) is 13.9. The van der Waals surface area contributed by atoms with Crippen LogP contribution in [0.2, 0.25) is 0 Å². The highest BCUT2D eigenvalue weighted by molar-refractivity contribution is 5.82. The Morgan fingerprint density at radius 2 is 1.95 bits per heavy atom. The number of alkyl halides is 2. The molecule has 1 aromatic carbocycles. The van der Waals surface area contributed by atoms with Crippen molar-refractivity contribution in [1.29, 1.82) is 5.26 Å². The number of fused-ring (bicyclic) bond motifs is 1. The molecule has 1 saturated heterocycles. The van der Waals surface area contributed by atoms with E-state index >= 15 is 0 Å². The van der Waals surface area contributed by atoms with Crippen molar-refractivity contribution in [1.82, 2.24) is 39.4 Å². The molecule has 1 fully saturated rings. The van der Waals surface area contributed by atoms with E-state index in [0.29, 0.717) is 40.8 Å². The third kappa shape index (κ3) is 5.73. The standard InChI is InChI=1S/C28H26F2N10O2/c1-18-14-20(16-31)37-40(18)28-21(27(29)30)3-6-25(34-28)39-17-32-22-15-19(2-4-23(22)39)33-24-5-7-26(36-35-24)42-13-10-38-8-11-41-12-9-38/h2-7,14-15,17,27H,8-13H2,1H3,(H,33,35). The summed E-state index contributed by atoms with van der Waals surface area (Å²) < 4.78 is 41.7. The van der Waals surface area contributed by atoms with Crippen LogP contribution in [0, 0.1) is 18.3 Å². The molecule has 1 aliphatic heterocycles. The minimum Gasteiger partial charge on any atom is -0.475 e. The van der Waals surface area contributed by atoms with E-state index in [1.54, 1.807) is 30.0 Å². The number of nitrogens with zero attached hydrogens (tertiary/aromatic N) is 9. The Kier molecular flexibility index (Phi) is 7.67. The Labute approximate surface area is 239 Å². The van der Waals surface area contributed by atoms with Gasteiger partial charge in [0.1, 0.15) is 24.8 Å². The van der Waals surface area contributed by atoms with E-state index in [2.05, 4.69) is 35.5 Å². The number of hydrogen-bond acceptors (Lipinski definition) is 10. The Morgan fingerprint density at radius 3 is 2.69 bits per heavy atom. The summed E-state index contributed by atoms with van der Waals surface area (Å²) in [5, 5.41) is 24.9. The highest BCUT2D eigenvalue weighted by Crippen LogP contribution is 2.28. The maximum absolute atomic E-state index is 13.8. The smallest absolute Gasteiger partial charge is 0.267 e. The Balaban J connectivity index is 1.18. The van der Waals surface area contributed by atoms with Gasteiger partial charge < -0.3 is 14.8 Å². The highest BCUT2D eigenvalue weighted by atomic mass is 19.3. The molecule has 1 N–H and O–H groups in total. The molecule has 0 bridgehead atoms. The lowest BCUT2D eigenvalue weighted by Crippen LogP contribution is -2.38. The summed E-state index contributed by atoms with van der Waals surface area (Å²) in [6.45, 7) is 6.29. The Bertz CT molecular complexity index is 1740. The number of anilines is 2. The summed E-state index contributed by atoms with van der Waals surface area (Å²) in [7, 11) is 0. The predicted molar refractivity (Wildman–Crippen MR) is 148 cm³/mol. The average Bonchev–Trinajstić information content (AvgIpc) is 3.61. The molecule has 42 heavy (non-hydrogen) atoms. The van der Waals surface area contributed by atoms with Crippen molar-refractivity contribution in [2.24, 2.45) is 0 Å². The van der Waals surface area contributed by atoms with E-state index in [1.807, 2.05) is 24.3 Å². The van der Waals surface area contributed by atoms with Crippen molar-refractivity contribution in [3.8, 4) is 23.6 Å². The fourth-order valence-electron chi connectivity index (χ4n) is 4.66. The van der Waals surface area contributed by atoms with Gasteiger partial charge in [0.2, 0.25) is 5.88 Å². The molecule has 12 nitrogen and oxygen atoms in total. The van der Waals surface area contributed by atoms with E-state index in [1.165, 1.54) is 22.9 Å². The maximum Gasteiger partial charge on any atom is 0.267 e. The molecule has 214 valence electrons. The van der Waals surface area contributed by atoms with Gasteiger partial charge >= 0.3 is 0 Å². The summed E-state index contributed by atoms with van der Waals surface area (Å²) in [5.41, 5.74) is 2.44. The number of aryl methyl sites for hydroxylation is 1. The van der Waals surface area contributed by atoms with E-state index in [0.717, 1.165) is 38.5 Å². The van der Waals surface area contributed by atoms with Gasteiger partial charge in [-0.25, -0.2) is 23.4 Å². The first kappa shape index (κ1) is 27.2. The first-order chi connectivity index (χ1) is 20.5. The number of pyridine rings is 1. The second-order valence-corrected chi connectivity index (χ2v) is 9.58. The van der Waals surface area contributed by atoms with Crippen molar-refractivity contribution < 1.29 is 18.3 Å². The van der Waals surface area contributed by atoms with Gasteiger partial charge in [-0.3, -0.25) is 9.47 Å². The number of nitrogens with one attached hydrogen (secondary N) is 1. The van der Waals surface area contributed by atoms with Crippen molar-refractivity contribution in [2.45, 2.75) is 13.3 Å². The predicted octanol–water partition coefficient (Wildman–Crippen LogP) is 3.97. The fourth-order valence-corrected chi connectivity index (χ4v) is 4.66. The lowest BCUT2D eigenvalue weighted by molar-refractivity contribution is 0.0319. The third-order valence-electron chi connectivity index (χ3n) is 6.80. The van der Waals surface area contributed by atoms with Crippen LogP contribution >= 0.6 is 0 Å². The Morgan fingerprint density at radius 1 is 1.10 bits per heavy atom. The van der Waals surface area contributed by atoms with E-state index in [-0.39, 0.29) is 17.1 Å². The van der Waals surface area contributed by atoms with Gasteiger partial charge in [0, 0.05) is 37.1 Å². The monoisotopic (exact) mass is 572 g/mol.